The maximum atomic E-state index is 5.96. The topological polar surface area (TPSA) is 71.7 Å². The van der Waals surface area contributed by atoms with Gasteiger partial charge in [0.2, 0.25) is 0 Å². The lowest BCUT2D eigenvalue weighted by Crippen LogP contribution is -2.36. The zero-order valence-corrected chi connectivity index (χ0v) is 15.8. The van der Waals surface area contributed by atoms with Crippen LogP contribution in [0.3, 0.4) is 0 Å². The van der Waals surface area contributed by atoms with Gasteiger partial charge in [-0.15, -0.1) is 0 Å². The van der Waals surface area contributed by atoms with Crippen molar-refractivity contribution in [1.29, 1.82) is 0 Å². The summed E-state index contributed by atoms with van der Waals surface area (Å²) in [6.45, 7) is 6.19. The Morgan fingerprint density at radius 3 is 2.73 bits per heavy atom. The first-order chi connectivity index (χ1) is 12.7. The van der Waals surface area contributed by atoms with Gasteiger partial charge in [0.1, 0.15) is 5.75 Å². The average molecular weight is 356 g/mol. The molecular weight excluding hydrogens is 328 g/mol. The van der Waals surface area contributed by atoms with Crippen molar-refractivity contribution in [3.8, 4) is 5.75 Å². The summed E-state index contributed by atoms with van der Waals surface area (Å²) in [6, 6.07) is 10.1. The third-order valence-electron chi connectivity index (χ3n) is 4.41. The van der Waals surface area contributed by atoms with E-state index in [9.17, 15) is 0 Å². The van der Waals surface area contributed by atoms with Gasteiger partial charge in [0.05, 0.1) is 18.8 Å². The summed E-state index contributed by atoms with van der Waals surface area (Å²) in [5, 5.41) is 10.7. The molecule has 0 spiro atoms. The lowest BCUT2D eigenvalue weighted by atomic mass is 10.1. The molecule has 1 aliphatic carbocycles. The van der Waals surface area contributed by atoms with Gasteiger partial charge in [-0.3, -0.25) is 4.99 Å². The summed E-state index contributed by atoms with van der Waals surface area (Å²) >= 11 is 0. The number of hydrogen-bond acceptors (Lipinski definition) is 4. The molecule has 1 aromatic carbocycles. The van der Waals surface area contributed by atoms with Crippen molar-refractivity contribution >= 4 is 5.96 Å². The molecule has 0 atom stereocenters. The van der Waals surface area contributed by atoms with Gasteiger partial charge in [-0.2, -0.15) is 0 Å². The first-order valence-corrected chi connectivity index (χ1v) is 9.26. The van der Waals surface area contributed by atoms with E-state index in [1.807, 2.05) is 24.3 Å². The molecule has 0 bridgehead atoms. The smallest absolute Gasteiger partial charge is 0.191 e. The van der Waals surface area contributed by atoms with Gasteiger partial charge < -0.3 is 19.9 Å². The molecule has 0 radical (unpaired) electrons. The van der Waals surface area contributed by atoms with Crippen LogP contribution in [-0.4, -0.2) is 24.8 Å². The molecule has 140 valence electrons. The Kier molecular flexibility index (Phi) is 6.15. The van der Waals surface area contributed by atoms with Crippen LogP contribution < -0.4 is 15.4 Å². The molecule has 1 aliphatic rings. The normalized spacial score (nSPS) is 14.5. The largest absolute Gasteiger partial charge is 0.493 e. The molecule has 1 saturated carbocycles. The van der Waals surface area contributed by atoms with Gasteiger partial charge in [0.15, 0.2) is 11.7 Å². The molecule has 1 fully saturated rings. The zero-order valence-electron chi connectivity index (χ0n) is 15.8. The molecule has 6 heteroatoms. The lowest BCUT2D eigenvalue weighted by molar-refractivity contribution is 0.296. The van der Waals surface area contributed by atoms with E-state index in [4.69, 9.17) is 9.26 Å². The monoisotopic (exact) mass is 356 g/mol. The molecule has 2 aromatic rings. The standard InChI is InChI=1S/C20H28N4O2/c1-14(2)18-10-17(26-24-18)12-23-20(21-3)22-11-16-6-4-5-7-19(16)25-13-15-8-9-15/h4-7,10,14-15H,8-9,11-13H2,1-3H3,(H2,21,22,23). The minimum atomic E-state index is 0.358. The summed E-state index contributed by atoms with van der Waals surface area (Å²) < 4.78 is 11.3. The maximum Gasteiger partial charge on any atom is 0.191 e. The fraction of sp³-hybridized carbons (Fsp3) is 0.500. The van der Waals surface area contributed by atoms with Crippen molar-refractivity contribution in [2.24, 2.45) is 10.9 Å². The number of hydrogen-bond donors (Lipinski definition) is 2. The van der Waals surface area contributed by atoms with Crippen molar-refractivity contribution < 1.29 is 9.26 Å². The predicted octanol–water partition coefficient (Wildman–Crippen LogP) is 3.45. The highest BCUT2D eigenvalue weighted by atomic mass is 16.5. The van der Waals surface area contributed by atoms with E-state index in [1.54, 1.807) is 7.05 Å². The van der Waals surface area contributed by atoms with E-state index in [2.05, 4.69) is 40.7 Å². The summed E-state index contributed by atoms with van der Waals surface area (Å²) in [7, 11) is 1.75. The van der Waals surface area contributed by atoms with Crippen molar-refractivity contribution in [1.82, 2.24) is 15.8 Å². The second-order valence-electron chi connectivity index (χ2n) is 7.01. The van der Waals surface area contributed by atoms with E-state index in [1.165, 1.54) is 12.8 Å². The number of aromatic nitrogens is 1. The number of ether oxygens (including phenoxy) is 1. The predicted molar refractivity (Wildman–Crippen MR) is 102 cm³/mol. The highest BCUT2D eigenvalue weighted by Gasteiger charge is 2.22. The van der Waals surface area contributed by atoms with Crippen molar-refractivity contribution in [2.75, 3.05) is 13.7 Å². The molecule has 0 saturated heterocycles. The van der Waals surface area contributed by atoms with Crippen molar-refractivity contribution in [3.05, 3.63) is 47.3 Å². The molecule has 6 nitrogen and oxygen atoms in total. The fourth-order valence-corrected chi connectivity index (χ4v) is 2.54. The molecule has 1 aromatic heterocycles. The van der Waals surface area contributed by atoms with E-state index in [0.717, 1.165) is 35.3 Å². The molecule has 26 heavy (non-hydrogen) atoms. The lowest BCUT2D eigenvalue weighted by Gasteiger charge is -2.14. The van der Waals surface area contributed by atoms with Crippen LogP contribution in [0.25, 0.3) is 0 Å². The van der Waals surface area contributed by atoms with E-state index >= 15 is 0 Å². The Labute approximate surface area is 155 Å². The number of aliphatic imine (C=N–C) groups is 1. The second-order valence-corrected chi connectivity index (χ2v) is 7.01. The Morgan fingerprint density at radius 1 is 1.27 bits per heavy atom. The number of nitrogens with one attached hydrogen (secondary N) is 2. The van der Waals surface area contributed by atoms with Crippen LogP contribution in [-0.2, 0) is 13.1 Å². The highest BCUT2D eigenvalue weighted by Crippen LogP contribution is 2.30. The maximum absolute atomic E-state index is 5.96. The van der Waals surface area contributed by atoms with Crippen LogP contribution in [0.15, 0.2) is 39.8 Å². The number of para-hydroxylation sites is 1. The van der Waals surface area contributed by atoms with Crippen molar-refractivity contribution in [3.63, 3.8) is 0 Å². The average Bonchev–Trinajstić information content (AvgIpc) is 3.36. The number of guanidine groups is 1. The first kappa shape index (κ1) is 18.3. The van der Waals surface area contributed by atoms with E-state index < -0.39 is 0 Å². The van der Waals surface area contributed by atoms with Crippen LogP contribution in [0.5, 0.6) is 5.75 Å². The van der Waals surface area contributed by atoms with Gasteiger partial charge >= 0.3 is 0 Å². The van der Waals surface area contributed by atoms with Crippen molar-refractivity contribution in [2.45, 2.75) is 45.7 Å². The van der Waals surface area contributed by atoms with Crippen LogP contribution in [0.2, 0.25) is 0 Å². The highest BCUT2D eigenvalue weighted by molar-refractivity contribution is 5.79. The SMILES string of the molecule is CN=C(NCc1cc(C(C)C)no1)NCc1ccccc1OCC1CC1. The third-order valence-corrected chi connectivity index (χ3v) is 4.41. The van der Waals surface area contributed by atoms with Crippen LogP contribution in [0.1, 0.15) is 49.6 Å². The summed E-state index contributed by atoms with van der Waals surface area (Å²) in [5.41, 5.74) is 2.09. The Bertz CT molecular complexity index is 735. The Hall–Kier alpha value is -2.50. The molecule has 0 amide bonds. The summed E-state index contributed by atoms with van der Waals surface area (Å²) in [6.07, 6.45) is 2.58. The fourth-order valence-electron chi connectivity index (χ4n) is 2.54. The second kappa shape index (κ2) is 8.74. The first-order valence-electron chi connectivity index (χ1n) is 9.26. The van der Waals surface area contributed by atoms with E-state index in [-0.39, 0.29) is 0 Å². The summed E-state index contributed by atoms with van der Waals surface area (Å²) in [4.78, 5) is 4.27. The minimum Gasteiger partial charge on any atom is -0.493 e. The third kappa shape index (κ3) is 5.25. The molecule has 0 aliphatic heterocycles. The van der Waals surface area contributed by atoms with E-state index in [0.29, 0.717) is 25.0 Å². The van der Waals surface area contributed by atoms with Gasteiger partial charge in [-0.25, -0.2) is 0 Å². The molecule has 0 unspecified atom stereocenters. The van der Waals surface area contributed by atoms with Gasteiger partial charge in [-0.1, -0.05) is 37.2 Å². The number of benzene rings is 1. The van der Waals surface area contributed by atoms with Gasteiger partial charge in [-0.05, 0) is 30.7 Å². The minimum absolute atomic E-state index is 0.358. The van der Waals surface area contributed by atoms with Crippen LogP contribution in [0, 0.1) is 5.92 Å². The zero-order chi connectivity index (χ0) is 18.4. The Balaban J connectivity index is 1.50. The molecule has 2 N–H and O–H groups in total. The summed E-state index contributed by atoms with van der Waals surface area (Å²) in [5.74, 6) is 3.55. The van der Waals surface area contributed by atoms with Crippen LogP contribution in [0.4, 0.5) is 0 Å². The number of rotatable bonds is 8. The molecule has 3 rings (SSSR count). The number of nitrogens with zero attached hydrogens (tertiary/aromatic N) is 2. The quantitative estimate of drug-likeness (QED) is 0.560. The molecule has 1 heterocycles. The van der Waals surface area contributed by atoms with Crippen LogP contribution >= 0.6 is 0 Å². The Morgan fingerprint density at radius 2 is 2.04 bits per heavy atom. The molecular formula is C20H28N4O2. The van der Waals surface area contributed by atoms with Gasteiger partial charge in [0, 0.05) is 25.2 Å². The van der Waals surface area contributed by atoms with Gasteiger partial charge in [0.25, 0.3) is 0 Å².